The van der Waals surface area contributed by atoms with Gasteiger partial charge >= 0.3 is 0 Å². The third kappa shape index (κ3) is 2.86. The summed E-state index contributed by atoms with van der Waals surface area (Å²) < 4.78 is 0. The summed E-state index contributed by atoms with van der Waals surface area (Å²) in [5.74, 6) is -1.39. The summed E-state index contributed by atoms with van der Waals surface area (Å²) in [5.41, 5.74) is 1.80. The number of likely N-dealkylation sites (tertiary alicyclic amines) is 1. The number of fused-ring (bicyclic) bond motifs is 1. The van der Waals surface area contributed by atoms with Gasteiger partial charge in [-0.2, -0.15) is 0 Å². The van der Waals surface area contributed by atoms with Crippen LogP contribution < -0.4 is 5.32 Å². The average Bonchev–Trinajstić information content (AvgIpc) is 2.86. The van der Waals surface area contributed by atoms with E-state index in [4.69, 9.17) is 0 Å². The van der Waals surface area contributed by atoms with Crippen LogP contribution in [-0.4, -0.2) is 28.7 Å². The van der Waals surface area contributed by atoms with Crippen molar-refractivity contribution in [2.24, 2.45) is 11.8 Å². The van der Waals surface area contributed by atoms with Crippen molar-refractivity contribution in [3.63, 3.8) is 0 Å². The van der Waals surface area contributed by atoms with E-state index in [1.165, 1.54) is 0 Å². The summed E-state index contributed by atoms with van der Waals surface area (Å²) in [6, 6.07) is 6.78. The van der Waals surface area contributed by atoms with Crippen molar-refractivity contribution in [2.75, 3.05) is 5.32 Å². The lowest BCUT2D eigenvalue weighted by molar-refractivity contribution is -0.146. The van der Waals surface area contributed by atoms with Crippen LogP contribution in [0.25, 0.3) is 0 Å². The molecule has 1 saturated heterocycles. The Morgan fingerprint density at radius 1 is 1.21 bits per heavy atom. The van der Waals surface area contributed by atoms with Crippen LogP contribution in [0.2, 0.25) is 0 Å². The van der Waals surface area contributed by atoms with Crippen LogP contribution in [0.4, 0.5) is 5.69 Å². The molecule has 1 N–H and O–H groups in total. The highest BCUT2D eigenvalue weighted by Gasteiger charge is 2.50. The predicted molar refractivity (Wildman–Crippen MR) is 91.1 cm³/mol. The van der Waals surface area contributed by atoms with Gasteiger partial charge in [0.05, 0.1) is 11.8 Å². The first-order valence-electron chi connectivity index (χ1n) is 8.44. The second-order valence-electron chi connectivity index (χ2n) is 6.42. The van der Waals surface area contributed by atoms with Gasteiger partial charge in [0, 0.05) is 5.69 Å². The molecule has 24 heavy (non-hydrogen) atoms. The lowest BCUT2D eigenvalue weighted by Crippen LogP contribution is -2.46. The normalized spacial score (nSPS) is 24.0. The van der Waals surface area contributed by atoms with Gasteiger partial charge < -0.3 is 5.32 Å². The van der Waals surface area contributed by atoms with E-state index in [0.717, 1.165) is 16.9 Å². The van der Waals surface area contributed by atoms with Gasteiger partial charge in [-0.3, -0.25) is 19.3 Å². The zero-order chi connectivity index (χ0) is 17.3. The molecule has 0 aromatic heterocycles. The fourth-order valence-corrected chi connectivity index (χ4v) is 3.44. The maximum absolute atomic E-state index is 12.5. The Balaban J connectivity index is 1.73. The van der Waals surface area contributed by atoms with Crippen molar-refractivity contribution in [3.8, 4) is 0 Å². The zero-order valence-corrected chi connectivity index (χ0v) is 14.0. The number of nitrogens with zero attached hydrogens (tertiary/aromatic N) is 1. The Labute approximate surface area is 141 Å². The van der Waals surface area contributed by atoms with Gasteiger partial charge in [0.1, 0.15) is 6.04 Å². The predicted octanol–water partition coefficient (Wildman–Crippen LogP) is 2.53. The zero-order valence-electron chi connectivity index (χ0n) is 14.0. The van der Waals surface area contributed by atoms with E-state index in [0.29, 0.717) is 18.5 Å². The Kier molecular flexibility index (Phi) is 4.51. The standard InChI is InChI=1S/C19H22N2O3/c1-3-13-7-6-8-14(11-13)20-17(22)12(2)21-18(23)15-9-4-5-10-16(15)19(21)24/h4-8,11-12,15-16H,3,9-10H2,1-2H3,(H,20,22)/t12-,15+,16+/m0/s1. The van der Waals surface area contributed by atoms with Gasteiger partial charge in [0.2, 0.25) is 17.7 Å². The third-order valence-corrected chi connectivity index (χ3v) is 4.91. The summed E-state index contributed by atoms with van der Waals surface area (Å²) >= 11 is 0. The van der Waals surface area contributed by atoms with Crippen molar-refractivity contribution in [2.45, 2.75) is 39.2 Å². The number of benzene rings is 1. The van der Waals surface area contributed by atoms with Crippen molar-refractivity contribution >= 4 is 23.4 Å². The molecule has 5 heteroatoms. The summed E-state index contributed by atoms with van der Waals surface area (Å²) in [6.07, 6.45) is 5.92. The van der Waals surface area contributed by atoms with Crippen LogP contribution in [0.15, 0.2) is 36.4 Å². The molecule has 3 rings (SSSR count). The molecule has 126 valence electrons. The van der Waals surface area contributed by atoms with Crippen LogP contribution in [-0.2, 0) is 20.8 Å². The van der Waals surface area contributed by atoms with Crippen LogP contribution in [0.3, 0.4) is 0 Å². The fourth-order valence-electron chi connectivity index (χ4n) is 3.44. The van der Waals surface area contributed by atoms with E-state index in [-0.39, 0.29) is 29.6 Å². The lowest BCUT2D eigenvalue weighted by atomic mass is 9.85. The van der Waals surface area contributed by atoms with Crippen LogP contribution in [0.5, 0.6) is 0 Å². The maximum atomic E-state index is 12.5. The topological polar surface area (TPSA) is 66.5 Å². The quantitative estimate of drug-likeness (QED) is 0.683. The molecular formula is C19H22N2O3. The first-order valence-corrected chi connectivity index (χ1v) is 8.44. The van der Waals surface area contributed by atoms with Crippen LogP contribution in [0, 0.1) is 11.8 Å². The second-order valence-corrected chi connectivity index (χ2v) is 6.42. The lowest BCUT2D eigenvalue weighted by Gasteiger charge is -2.22. The van der Waals surface area contributed by atoms with E-state index in [1.54, 1.807) is 13.0 Å². The maximum Gasteiger partial charge on any atom is 0.247 e. The van der Waals surface area contributed by atoms with E-state index in [2.05, 4.69) is 5.32 Å². The molecule has 0 spiro atoms. The molecule has 1 aliphatic carbocycles. The molecule has 5 nitrogen and oxygen atoms in total. The number of imide groups is 1. The van der Waals surface area contributed by atoms with Crippen molar-refractivity contribution in [1.29, 1.82) is 0 Å². The molecule has 1 aliphatic heterocycles. The van der Waals surface area contributed by atoms with Crippen molar-refractivity contribution in [3.05, 3.63) is 42.0 Å². The van der Waals surface area contributed by atoms with Gasteiger partial charge in [-0.15, -0.1) is 0 Å². The monoisotopic (exact) mass is 326 g/mol. The minimum atomic E-state index is -0.805. The van der Waals surface area contributed by atoms with Crippen LogP contribution >= 0.6 is 0 Å². The van der Waals surface area contributed by atoms with Gasteiger partial charge in [0.15, 0.2) is 0 Å². The summed E-state index contributed by atoms with van der Waals surface area (Å²) in [4.78, 5) is 38.8. The first kappa shape index (κ1) is 16.4. The number of allylic oxidation sites excluding steroid dienone is 2. The number of anilines is 1. The molecule has 1 aromatic rings. The molecule has 3 amide bonds. The van der Waals surface area contributed by atoms with Gasteiger partial charge in [-0.25, -0.2) is 0 Å². The highest BCUT2D eigenvalue weighted by Crippen LogP contribution is 2.36. The SMILES string of the molecule is CCc1cccc(NC(=O)[C@H](C)N2C(=O)[C@@H]3CC=CC[C@H]3C2=O)c1. The Bertz CT molecular complexity index is 684. The molecule has 3 atom stereocenters. The van der Waals surface area contributed by atoms with Gasteiger partial charge in [0.25, 0.3) is 0 Å². The average molecular weight is 326 g/mol. The van der Waals surface area contributed by atoms with Gasteiger partial charge in [-0.1, -0.05) is 31.2 Å². The number of hydrogen-bond donors (Lipinski definition) is 1. The molecule has 2 aliphatic rings. The minimum absolute atomic E-state index is 0.223. The largest absolute Gasteiger partial charge is 0.324 e. The highest BCUT2D eigenvalue weighted by atomic mass is 16.2. The number of rotatable bonds is 4. The van der Waals surface area contributed by atoms with E-state index < -0.39 is 6.04 Å². The molecule has 0 bridgehead atoms. The number of nitrogens with one attached hydrogen (secondary N) is 1. The van der Waals surface area contributed by atoms with E-state index >= 15 is 0 Å². The van der Waals surface area contributed by atoms with Crippen molar-refractivity contribution in [1.82, 2.24) is 4.90 Å². The number of hydrogen-bond acceptors (Lipinski definition) is 3. The summed E-state index contributed by atoms with van der Waals surface area (Å²) in [7, 11) is 0. The Hall–Kier alpha value is -2.43. The number of carbonyl (C=O) groups is 3. The molecule has 1 fully saturated rings. The number of aryl methyl sites for hydroxylation is 1. The van der Waals surface area contributed by atoms with Gasteiger partial charge in [-0.05, 0) is 43.9 Å². The van der Waals surface area contributed by atoms with Crippen molar-refractivity contribution < 1.29 is 14.4 Å². The fraction of sp³-hybridized carbons (Fsp3) is 0.421. The summed E-state index contributed by atoms with van der Waals surface area (Å²) in [6.45, 7) is 3.65. The van der Waals surface area contributed by atoms with E-state index in [1.807, 2.05) is 37.3 Å². The van der Waals surface area contributed by atoms with Crippen LogP contribution in [0.1, 0.15) is 32.3 Å². The molecule has 0 saturated carbocycles. The molecule has 1 heterocycles. The second kappa shape index (κ2) is 6.59. The minimum Gasteiger partial charge on any atom is -0.324 e. The molecule has 0 radical (unpaired) electrons. The Morgan fingerprint density at radius 2 is 1.83 bits per heavy atom. The third-order valence-electron chi connectivity index (χ3n) is 4.91. The van der Waals surface area contributed by atoms with E-state index in [9.17, 15) is 14.4 Å². The summed E-state index contributed by atoms with van der Waals surface area (Å²) in [5, 5.41) is 2.82. The smallest absolute Gasteiger partial charge is 0.247 e. The molecular weight excluding hydrogens is 304 g/mol. The molecule has 1 aromatic carbocycles. The highest BCUT2D eigenvalue weighted by molar-refractivity contribution is 6.10. The Morgan fingerprint density at radius 3 is 2.42 bits per heavy atom. The first-order chi connectivity index (χ1) is 11.5. The number of amides is 3. The number of carbonyl (C=O) groups excluding carboxylic acids is 3. The molecule has 0 unspecified atom stereocenters.